The van der Waals surface area contributed by atoms with E-state index in [1.54, 1.807) is 24.3 Å². The largest absolute Gasteiger partial charge is 0.481 e. The van der Waals surface area contributed by atoms with Crippen molar-refractivity contribution in [1.29, 1.82) is 0 Å². The van der Waals surface area contributed by atoms with Gasteiger partial charge in [0, 0.05) is 17.8 Å². The highest BCUT2D eigenvalue weighted by molar-refractivity contribution is 5.78. The predicted octanol–water partition coefficient (Wildman–Crippen LogP) is 3.21. The minimum atomic E-state index is -0.955. The molecule has 22 heavy (non-hydrogen) atoms. The first kappa shape index (κ1) is 14.0. The molecular formula is C15H11F2N3O2. The number of anilines is 2. The van der Waals surface area contributed by atoms with Crippen LogP contribution in [0.1, 0.15) is 5.56 Å². The zero-order valence-corrected chi connectivity index (χ0v) is 11.2. The van der Waals surface area contributed by atoms with Crippen LogP contribution < -0.4 is 5.32 Å². The van der Waals surface area contributed by atoms with Gasteiger partial charge < -0.3 is 15.4 Å². The van der Waals surface area contributed by atoms with E-state index in [9.17, 15) is 13.6 Å². The number of aromatic nitrogens is 2. The van der Waals surface area contributed by atoms with E-state index in [-0.39, 0.29) is 6.42 Å². The number of nitrogens with zero attached hydrogens (tertiary/aromatic N) is 1. The summed E-state index contributed by atoms with van der Waals surface area (Å²) in [6.07, 6.45) is -0.0521. The molecule has 0 atom stereocenters. The molecule has 1 aromatic heterocycles. The van der Waals surface area contributed by atoms with E-state index in [4.69, 9.17) is 5.11 Å². The molecule has 0 spiro atoms. The molecule has 0 bridgehead atoms. The lowest BCUT2D eigenvalue weighted by atomic mass is 10.1. The van der Waals surface area contributed by atoms with E-state index in [2.05, 4.69) is 15.3 Å². The lowest BCUT2D eigenvalue weighted by Crippen LogP contribution is -2.00. The van der Waals surface area contributed by atoms with Gasteiger partial charge in [-0.05, 0) is 17.7 Å². The number of imidazole rings is 1. The van der Waals surface area contributed by atoms with Crippen LogP contribution in [0.5, 0.6) is 0 Å². The summed E-state index contributed by atoms with van der Waals surface area (Å²) in [5.41, 5.74) is 2.04. The number of aliphatic carboxylic acids is 1. The van der Waals surface area contributed by atoms with Crippen molar-refractivity contribution < 1.29 is 18.7 Å². The molecule has 0 unspecified atom stereocenters. The van der Waals surface area contributed by atoms with Crippen molar-refractivity contribution in [1.82, 2.24) is 9.97 Å². The molecule has 3 N–H and O–H groups in total. The molecule has 0 aliphatic carbocycles. The van der Waals surface area contributed by atoms with Crippen molar-refractivity contribution >= 4 is 28.6 Å². The number of halogens is 2. The summed E-state index contributed by atoms with van der Waals surface area (Å²) in [6, 6.07) is 8.82. The Kier molecular flexibility index (Phi) is 3.46. The Morgan fingerprint density at radius 1 is 1.18 bits per heavy atom. The topological polar surface area (TPSA) is 78.0 Å². The average molecular weight is 303 g/mol. The fourth-order valence-electron chi connectivity index (χ4n) is 2.08. The van der Waals surface area contributed by atoms with Crippen LogP contribution in [-0.2, 0) is 11.2 Å². The highest BCUT2D eigenvalue weighted by atomic mass is 19.2. The Bertz CT molecular complexity index is 805. The van der Waals surface area contributed by atoms with E-state index < -0.39 is 17.6 Å². The molecule has 3 aromatic rings. The van der Waals surface area contributed by atoms with E-state index in [1.165, 1.54) is 0 Å². The number of fused-ring (bicyclic) bond motifs is 1. The number of hydrogen-bond donors (Lipinski definition) is 3. The molecular weight excluding hydrogens is 292 g/mol. The van der Waals surface area contributed by atoms with E-state index in [0.29, 0.717) is 28.2 Å². The fourth-order valence-corrected chi connectivity index (χ4v) is 2.08. The molecule has 2 aromatic carbocycles. The molecule has 1 heterocycles. The predicted molar refractivity (Wildman–Crippen MR) is 77.1 cm³/mol. The van der Waals surface area contributed by atoms with Gasteiger partial charge in [-0.1, -0.05) is 12.1 Å². The molecule has 0 saturated heterocycles. The van der Waals surface area contributed by atoms with Gasteiger partial charge in [0.25, 0.3) is 0 Å². The Morgan fingerprint density at radius 3 is 2.55 bits per heavy atom. The lowest BCUT2D eigenvalue weighted by Gasteiger charge is -2.03. The number of carbonyl (C=O) groups is 1. The van der Waals surface area contributed by atoms with Crippen LogP contribution in [0.2, 0.25) is 0 Å². The summed E-state index contributed by atoms with van der Waals surface area (Å²) in [5, 5.41) is 11.7. The Hall–Kier alpha value is -2.96. The highest BCUT2D eigenvalue weighted by Crippen LogP contribution is 2.21. The number of benzene rings is 2. The molecule has 5 nitrogen and oxygen atoms in total. The smallest absolute Gasteiger partial charge is 0.307 e. The van der Waals surface area contributed by atoms with Crippen molar-refractivity contribution in [2.24, 2.45) is 0 Å². The van der Waals surface area contributed by atoms with Crippen LogP contribution in [0.25, 0.3) is 11.0 Å². The van der Waals surface area contributed by atoms with Gasteiger partial charge in [-0.2, -0.15) is 0 Å². The summed E-state index contributed by atoms with van der Waals surface area (Å²) < 4.78 is 26.3. The standard InChI is InChI=1S/C15H11F2N3O2/c16-10-6-12-13(7-11(10)17)20-15(19-12)18-9-3-1-8(2-4-9)5-14(21)22/h1-4,6-7H,5H2,(H,21,22)(H2,18,19,20). The van der Waals surface area contributed by atoms with Crippen LogP contribution in [0.4, 0.5) is 20.4 Å². The van der Waals surface area contributed by atoms with Crippen LogP contribution in [0.3, 0.4) is 0 Å². The number of carboxylic acid groups (broad SMARTS) is 1. The normalized spacial score (nSPS) is 10.8. The molecule has 0 amide bonds. The number of H-pyrrole nitrogens is 1. The van der Waals surface area contributed by atoms with Crippen molar-refractivity contribution in [3.8, 4) is 0 Å². The maximum atomic E-state index is 13.1. The van der Waals surface area contributed by atoms with Crippen LogP contribution in [-0.4, -0.2) is 21.0 Å². The molecule has 0 saturated carbocycles. The zero-order valence-electron chi connectivity index (χ0n) is 11.2. The van der Waals surface area contributed by atoms with Gasteiger partial charge in [0.15, 0.2) is 11.6 Å². The first-order valence-corrected chi connectivity index (χ1v) is 6.44. The highest BCUT2D eigenvalue weighted by Gasteiger charge is 2.09. The minimum absolute atomic E-state index is 0.0521. The molecule has 0 aliphatic rings. The lowest BCUT2D eigenvalue weighted by molar-refractivity contribution is -0.136. The van der Waals surface area contributed by atoms with Gasteiger partial charge in [0.2, 0.25) is 5.95 Å². The monoisotopic (exact) mass is 303 g/mol. The number of nitrogens with one attached hydrogen (secondary N) is 2. The van der Waals surface area contributed by atoms with Gasteiger partial charge in [0.1, 0.15) is 0 Å². The molecule has 0 fully saturated rings. The van der Waals surface area contributed by atoms with Crippen LogP contribution >= 0.6 is 0 Å². The van der Waals surface area contributed by atoms with Gasteiger partial charge in [0.05, 0.1) is 17.5 Å². The molecule has 112 valence electrons. The van der Waals surface area contributed by atoms with Crippen LogP contribution in [0, 0.1) is 11.6 Å². The van der Waals surface area contributed by atoms with Gasteiger partial charge in [-0.15, -0.1) is 0 Å². The zero-order chi connectivity index (χ0) is 15.7. The number of aromatic amines is 1. The summed E-state index contributed by atoms with van der Waals surface area (Å²) in [6.45, 7) is 0. The quantitative estimate of drug-likeness (QED) is 0.691. The Labute approximate surface area is 123 Å². The first-order valence-electron chi connectivity index (χ1n) is 6.44. The second-order valence-corrected chi connectivity index (χ2v) is 4.76. The third-order valence-electron chi connectivity index (χ3n) is 3.10. The number of hydrogen-bond acceptors (Lipinski definition) is 3. The SMILES string of the molecule is O=C(O)Cc1ccc(Nc2nc3cc(F)c(F)cc3[nH]2)cc1. The second kappa shape index (κ2) is 5.44. The van der Waals surface area contributed by atoms with Gasteiger partial charge in [-0.25, -0.2) is 13.8 Å². The fraction of sp³-hybridized carbons (Fsp3) is 0.0667. The van der Waals surface area contributed by atoms with Crippen molar-refractivity contribution in [3.63, 3.8) is 0 Å². The average Bonchev–Trinajstić information content (AvgIpc) is 2.82. The van der Waals surface area contributed by atoms with Crippen molar-refractivity contribution in [2.75, 3.05) is 5.32 Å². The summed E-state index contributed by atoms with van der Waals surface area (Å²) in [7, 11) is 0. The summed E-state index contributed by atoms with van der Waals surface area (Å²) in [5.74, 6) is -2.46. The summed E-state index contributed by atoms with van der Waals surface area (Å²) in [4.78, 5) is 17.6. The second-order valence-electron chi connectivity index (χ2n) is 4.76. The van der Waals surface area contributed by atoms with Gasteiger partial charge in [-0.3, -0.25) is 4.79 Å². The van der Waals surface area contributed by atoms with E-state index >= 15 is 0 Å². The molecule has 7 heteroatoms. The van der Waals surface area contributed by atoms with Crippen molar-refractivity contribution in [3.05, 3.63) is 53.6 Å². The third kappa shape index (κ3) is 2.88. The first-order chi connectivity index (χ1) is 10.5. The molecule has 3 rings (SSSR count). The minimum Gasteiger partial charge on any atom is -0.481 e. The number of rotatable bonds is 4. The molecule has 0 aliphatic heterocycles. The Balaban J connectivity index is 1.82. The van der Waals surface area contributed by atoms with Crippen LogP contribution in [0.15, 0.2) is 36.4 Å². The van der Waals surface area contributed by atoms with E-state index in [0.717, 1.165) is 12.1 Å². The third-order valence-corrected chi connectivity index (χ3v) is 3.10. The molecule has 0 radical (unpaired) electrons. The van der Waals surface area contributed by atoms with Crippen molar-refractivity contribution in [2.45, 2.75) is 6.42 Å². The number of carboxylic acids is 1. The maximum Gasteiger partial charge on any atom is 0.307 e. The van der Waals surface area contributed by atoms with E-state index in [1.807, 2.05) is 0 Å². The maximum absolute atomic E-state index is 13.1. The Morgan fingerprint density at radius 2 is 1.86 bits per heavy atom. The summed E-state index contributed by atoms with van der Waals surface area (Å²) >= 11 is 0. The van der Waals surface area contributed by atoms with Gasteiger partial charge >= 0.3 is 5.97 Å².